The van der Waals surface area contributed by atoms with Crippen molar-refractivity contribution in [3.8, 4) is 0 Å². The van der Waals surface area contributed by atoms with Crippen molar-refractivity contribution in [1.29, 1.82) is 0 Å². The number of ether oxygens (including phenoxy) is 2. The van der Waals surface area contributed by atoms with Crippen LogP contribution in [-0.4, -0.2) is 40.7 Å². The molecule has 8 nitrogen and oxygen atoms in total. The van der Waals surface area contributed by atoms with Crippen molar-refractivity contribution in [1.82, 2.24) is 15.5 Å². The number of thioether (sulfide) groups is 1. The number of carbonyl (C=O) groups excluding carboxylic acids is 2. The summed E-state index contributed by atoms with van der Waals surface area (Å²) in [5.41, 5.74) is -0.583. The minimum absolute atomic E-state index is 0.0754. The molecule has 0 aliphatic carbocycles. The van der Waals surface area contributed by atoms with Gasteiger partial charge in [-0.05, 0) is 27.7 Å². The van der Waals surface area contributed by atoms with E-state index in [-0.39, 0.29) is 22.8 Å². The predicted octanol–water partition coefficient (Wildman–Crippen LogP) is 1.92. The van der Waals surface area contributed by atoms with Crippen LogP contribution in [-0.2, 0) is 14.3 Å². The molecule has 1 aromatic rings. The summed E-state index contributed by atoms with van der Waals surface area (Å²) in [4.78, 5) is 22.6. The van der Waals surface area contributed by atoms with Crippen LogP contribution in [0.15, 0.2) is 9.64 Å². The lowest BCUT2D eigenvalue weighted by Crippen LogP contribution is -2.34. The fourth-order valence-corrected chi connectivity index (χ4v) is 1.78. The second-order valence-corrected chi connectivity index (χ2v) is 6.07. The lowest BCUT2D eigenvalue weighted by atomic mass is 10.2. The van der Waals surface area contributed by atoms with Crippen molar-refractivity contribution < 1.29 is 23.5 Å². The molecule has 0 aliphatic heterocycles. The summed E-state index contributed by atoms with van der Waals surface area (Å²) in [6.07, 6.45) is -0.572. The number of nitrogens with zero attached hydrogens (tertiary/aromatic N) is 2. The first-order valence-electron chi connectivity index (χ1n) is 6.24. The molecule has 0 saturated heterocycles. The van der Waals surface area contributed by atoms with Gasteiger partial charge in [-0.2, -0.15) is 0 Å². The van der Waals surface area contributed by atoms with Crippen molar-refractivity contribution >= 4 is 23.8 Å². The molecule has 0 radical (unpaired) electrons. The summed E-state index contributed by atoms with van der Waals surface area (Å²) >= 11 is 1.06. The Morgan fingerprint density at radius 1 is 1.38 bits per heavy atom. The minimum Gasteiger partial charge on any atom is -0.468 e. The Bertz CT molecular complexity index is 497. The standard InChI is InChI=1S/C12H19N3O5S/c1-7(13-10(17)20-12(2,3)4)9-14-15-11(19-9)21-6-8(16)18-5/h7H,6H2,1-5H3,(H,13,17). The van der Waals surface area contributed by atoms with Gasteiger partial charge in [0.05, 0.1) is 7.11 Å². The van der Waals surface area contributed by atoms with Gasteiger partial charge in [0.2, 0.25) is 5.89 Å². The van der Waals surface area contributed by atoms with Crippen LogP contribution >= 0.6 is 11.8 Å². The normalized spacial score (nSPS) is 12.6. The van der Waals surface area contributed by atoms with E-state index in [1.807, 2.05) is 0 Å². The smallest absolute Gasteiger partial charge is 0.408 e. The maximum atomic E-state index is 11.6. The molecular weight excluding hydrogens is 298 g/mol. The minimum atomic E-state index is -0.583. The molecule has 0 saturated carbocycles. The number of aromatic nitrogens is 2. The molecule has 1 aromatic heterocycles. The Hall–Kier alpha value is -1.77. The molecule has 1 atom stereocenters. The number of hydrogen-bond donors (Lipinski definition) is 1. The van der Waals surface area contributed by atoms with Gasteiger partial charge in [-0.25, -0.2) is 4.79 Å². The number of rotatable bonds is 5. The van der Waals surface area contributed by atoms with Gasteiger partial charge in [0.25, 0.3) is 5.22 Å². The summed E-state index contributed by atoms with van der Waals surface area (Å²) in [7, 11) is 1.30. The predicted molar refractivity (Wildman–Crippen MR) is 74.8 cm³/mol. The molecule has 0 bridgehead atoms. The number of carbonyl (C=O) groups is 2. The second-order valence-electron chi connectivity index (χ2n) is 5.14. The lowest BCUT2D eigenvalue weighted by Gasteiger charge is -2.20. The molecule has 0 aromatic carbocycles. The lowest BCUT2D eigenvalue weighted by molar-refractivity contribution is -0.137. The molecule has 1 amide bonds. The van der Waals surface area contributed by atoms with E-state index in [0.717, 1.165) is 11.8 Å². The molecular formula is C12H19N3O5S. The van der Waals surface area contributed by atoms with E-state index < -0.39 is 17.7 Å². The van der Waals surface area contributed by atoms with E-state index in [9.17, 15) is 9.59 Å². The third kappa shape index (κ3) is 6.48. The first-order valence-corrected chi connectivity index (χ1v) is 7.22. The Morgan fingerprint density at radius 2 is 2.05 bits per heavy atom. The average molecular weight is 317 g/mol. The number of methoxy groups -OCH3 is 1. The quantitative estimate of drug-likeness (QED) is 0.649. The molecule has 21 heavy (non-hydrogen) atoms. The van der Waals surface area contributed by atoms with Gasteiger partial charge in [0.1, 0.15) is 17.4 Å². The van der Waals surface area contributed by atoms with E-state index >= 15 is 0 Å². The van der Waals surface area contributed by atoms with Crippen molar-refractivity contribution in [3.05, 3.63) is 5.89 Å². The Labute approximate surface area is 127 Å². The van der Waals surface area contributed by atoms with Crippen molar-refractivity contribution in [3.63, 3.8) is 0 Å². The van der Waals surface area contributed by atoms with Crippen LogP contribution < -0.4 is 5.32 Å². The average Bonchev–Trinajstić information content (AvgIpc) is 2.82. The van der Waals surface area contributed by atoms with Gasteiger partial charge in [-0.3, -0.25) is 4.79 Å². The number of esters is 1. The van der Waals surface area contributed by atoms with E-state index in [1.165, 1.54) is 7.11 Å². The summed E-state index contributed by atoms with van der Waals surface area (Å²) in [5, 5.41) is 10.4. The third-order valence-corrected chi connectivity index (χ3v) is 2.86. The highest BCUT2D eigenvalue weighted by molar-refractivity contribution is 7.99. The summed E-state index contributed by atoms with van der Waals surface area (Å²) in [5.74, 6) is -0.0839. The van der Waals surface area contributed by atoms with Gasteiger partial charge >= 0.3 is 12.1 Å². The van der Waals surface area contributed by atoms with E-state index in [0.29, 0.717) is 0 Å². The topological polar surface area (TPSA) is 104 Å². The highest BCUT2D eigenvalue weighted by Crippen LogP contribution is 2.20. The Balaban J connectivity index is 2.52. The highest BCUT2D eigenvalue weighted by atomic mass is 32.2. The Morgan fingerprint density at radius 3 is 2.62 bits per heavy atom. The third-order valence-electron chi connectivity index (χ3n) is 2.07. The van der Waals surface area contributed by atoms with Gasteiger partial charge in [0.15, 0.2) is 0 Å². The molecule has 1 rings (SSSR count). The van der Waals surface area contributed by atoms with Gasteiger partial charge < -0.3 is 19.2 Å². The molecule has 1 N–H and O–H groups in total. The van der Waals surface area contributed by atoms with Crippen molar-refractivity contribution in [2.75, 3.05) is 12.9 Å². The van der Waals surface area contributed by atoms with Crippen LogP contribution in [0.4, 0.5) is 4.79 Å². The number of amides is 1. The SMILES string of the molecule is COC(=O)CSc1nnc(C(C)NC(=O)OC(C)(C)C)o1. The molecule has 1 heterocycles. The maximum absolute atomic E-state index is 11.6. The van der Waals surface area contributed by atoms with E-state index in [1.54, 1.807) is 27.7 Å². The molecule has 1 unspecified atom stereocenters. The Kier molecular flexibility index (Phi) is 6.01. The van der Waals surface area contributed by atoms with Crippen molar-refractivity contribution in [2.24, 2.45) is 0 Å². The van der Waals surface area contributed by atoms with Crippen LogP contribution in [0.25, 0.3) is 0 Å². The van der Waals surface area contributed by atoms with E-state index in [2.05, 4.69) is 20.3 Å². The monoisotopic (exact) mass is 317 g/mol. The van der Waals surface area contributed by atoms with Crippen LogP contribution in [0.3, 0.4) is 0 Å². The maximum Gasteiger partial charge on any atom is 0.408 e. The number of nitrogens with one attached hydrogen (secondary N) is 1. The van der Waals surface area contributed by atoms with Gasteiger partial charge in [-0.15, -0.1) is 10.2 Å². The number of hydrogen-bond acceptors (Lipinski definition) is 8. The number of alkyl carbamates (subject to hydrolysis) is 1. The zero-order valence-electron chi connectivity index (χ0n) is 12.6. The summed E-state index contributed by atoms with van der Waals surface area (Å²) < 4.78 is 15.0. The summed E-state index contributed by atoms with van der Waals surface area (Å²) in [6, 6.07) is -0.500. The first-order chi connectivity index (χ1) is 9.71. The van der Waals surface area contributed by atoms with Crippen LogP contribution in [0, 0.1) is 0 Å². The zero-order chi connectivity index (χ0) is 16.0. The molecule has 9 heteroatoms. The van der Waals surface area contributed by atoms with Gasteiger partial charge in [-0.1, -0.05) is 11.8 Å². The van der Waals surface area contributed by atoms with E-state index in [4.69, 9.17) is 9.15 Å². The van der Waals surface area contributed by atoms with Crippen LogP contribution in [0.5, 0.6) is 0 Å². The van der Waals surface area contributed by atoms with Crippen LogP contribution in [0.2, 0.25) is 0 Å². The molecule has 0 fully saturated rings. The zero-order valence-corrected chi connectivity index (χ0v) is 13.4. The molecule has 0 aliphatic rings. The van der Waals surface area contributed by atoms with Gasteiger partial charge in [0, 0.05) is 0 Å². The second kappa shape index (κ2) is 7.30. The fraction of sp³-hybridized carbons (Fsp3) is 0.667. The fourth-order valence-electron chi connectivity index (χ4n) is 1.18. The first kappa shape index (κ1) is 17.3. The molecule has 0 spiro atoms. The summed E-state index contributed by atoms with van der Waals surface area (Å²) in [6.45, 7) is 6.99. The van der Waals surface area contributed by atoms with Crippen LogP contribution in [0.1, 0.15) is 39.6 Å². The largest absolute Gasteiger partial charge is 0.468 e. The molecule has 118 valence electrons. The highest BCUT2D eigenvalue weighted by Gasteiger charge is 2.21. The van der Waals surface area contributed by atoms with Crippen molar-refractivity contribution in [2.45, 2.75) is 44.6 Å².